The van der Waals surface area contributed by atoms with Crippen LogP contribution in [0.1, 0.15) is 74.1 Å². The van der Waals surface area contributed by atoms with Gasteiger partial charge in [0.1, 0.15) is 11.6 Å². The Bertz CT molecular complexity index is 838. The van der Waals surface area contributed by atoms with Gasteiger partial charge in [-0.3, -0.25) is 4.79 Å². The maximum absolute atomic E-state index is 12.4. The molecular formula is C22H29N3O2S. The largest absolute Gasteiger partial charge is 0.491 e. The first-order valence-electron chi connectivity index (χ1n) is 10.3. The number of aryl methyl sites for hydroxylation is 1. The summed E-state index contributed by atoms with van der Waals surface area (Å²) in [5, 5.41) is 8.15. The van der Waals surface area contributed by atoms with Gasteiger partial charge in [0, 0.05) is 5.56 Å². The maximum Gasteiger partial charge on any atom is 0.235 e. The molecule has 5 nitrogen and oxygen atoms in total. The summed E-state index contributed by atoms with van der Waals surface area (Å²) < 4.78 is 7.89. The maximum atomic E-state index is 12.4. The number of carbonyl (C=O) groups is 1. The first-order chi connectivity index (χ1) is 13.5. The molecule has 1 aromatic carbocycles. The molecule has 2 heterocycles. The highest BCUT2D eigenvalue weighted by atomic mass is 32.2. The van der Waals surface area contributed by atoms with E-state index in [-0.39, 0.29) is 17.3 Å². The lowest BCUT2D eigenvalue weighted by molar-refractivity contribution is -0.113. The molecule has 1 N–H and O–H groups in total. The summed E-state index contributed by atoms with van der Waals surface area (Å²) in [7, 11) is 0. The first-order valence-corrected chi connectivity index (χ1v) is 11.3. The lowest BCUT2D eigenvalue weighted by atomic mass is 9.95. The van der Waals surface area contributed by atoms with E-state index in [9.17, 15) is 4.79 Å². The summed E-state index contributed by atoms with van der Waals surface area (Å²) in [6, 6.07) is 8.67. The third kappa shape index (κ3) is 3.93. The number of benzene rings is 1. The number of amides is 1. The average molecular weight is 400 g/mol. The van der Waals surface area contributed by atoms with E-state index < -0.39 is 0 Å². The number of carbonyl (C=O) groups excluding carboxylic acids is 1. The Balaban J connectivity index is 1.71. The summed E-state index contributed by atoms with van der Waals surface area (Å²) in [6.07, 6.45) is 6.21. The average Bonchev–Trinajstić information content (AvgIpc) is 2.89. The fourth-order valence-corrected chi connectivity index (χ4v) is 5.44. The molecule has 4 rings (SSSR count). The van der Waals surface area contributed by atoms with E-state index in [4.69, 9.17) is 9.84 Å². The van der Waals surface area contributed by atoms with Gasteiger partial charge in [0.15, 0.2) is 0 Å². The van der Waals surface area contributed by atoms with Crippen molar-refractivity contribution in [2.75, 3.05) is 11.1 Å². The Labute approximate surface area is 171 Å². The van der Waals surface area contributed by atoms with Crippen molar-refractivity contribution in [3.05, 3.63) is 41.1 Å². The molecular weight excluding hydrogens is 370 g/mol. The third-order valence-corrected chi connectivity index (χ3v) is 6.78. The second-order valence-electron chi connectivity index (χ2n) is 8.06. The minimum atomic E-state index is 0.0606. The van der Waals surface area contributed by atoms with Gasteiger partial charge < -0.3 is 10.1 Å². The van der Waals surface area contributed by atoms with Crippen LogP contribution in [0.25, 0.3) is 0 Å². The summed E-state index contributed by atoms with van der Waals surface area (Å²) >= 11 is 1.68. The van der Waals surface area contributed by atoms with Gasteiger partial charge in [0.25, 0.3) is 0 Å². The molecule has 1 aromatic heterocycles. The number of fused-ring (bicyclic) bond motifs is 1. The van der Waals surface area contributed by atoms with Crippen LogP contribution in [-0.4, -0.2) is 27.5 Å². The predicted octanol–water partition coefficient (Wildman–Crippen LogP) is 5.26. The molecule has 1 amide bonds. The molecule has 0 bridgehead atoms. The number of nitrogens with zero attached hydrogens (tertiary/aromatic N) is 2. The van der Waals surface area contributed by atoms with E-state index >= 15 is 0 Å². The van der Waals surface area contributed by atoms with Crippen molar-refractivity contribution in [3.8, 4) is 5.75 Å². The van der Waals surface area contributed by atoms with Gasteiger partial charge in [0.05, 0.1) is 28.8 Å². The van der Waals surface area contributed by atoms with Crippen LogP contribution in [0.5, 0.6) is 5.75 Å². The summed E-state index contributed by atoms with van der Waals surface area (Å²) in [5.74, 6) is 2.30. The van der Waals surface area contributed by atoms with Crippen molar-refractivity contribution in [1.29, 1.82) is 0 Å². The Kier molecular flexibility index (Phi) is 5.67. The van der Waals surface area contributed by atoms with Gasteiger partial charge in [-0.15, -0.1) is 11.8 Å². The number of ether oxygens (including phenoxy) is 1. The highest BCUT2D eigenvalue weighted by molar-refractivity contribution is 8.00. The fourth-order valence-electron chi connectivity index (χ4n) is 4.26. The summed E-state index contributed by atoms with van der Waals surface area (Å²) in [5.41, 5.74) is 3.35. The number of hydrogen-bond donors (Lipinski definition) is 1. The standard InChI is InChI=1S/C22H29N3O2S/c1-14(2)27-18-11-9-16(10-12-18)21-20-15(3)24-25(17-7-5-4-6-8-17)22(20)23-19(26)13-28-21/h9-12,14,17,21H,4-8,13H2,1-3H3,(H,23,26)/t21-/m0/s1. The molecule has 28 heavy (non-hydrogen) atoms. The molecule has 150 valence electrons. The van der Waals surface area contributed by atoms with Gasteiger partial charge >= 0.3 is 0 Å². The van der Waals surface area contributed by atoms with Crippen molar-refractivity contribution in [3.63, 3.8) is 0 Å². The van der Waals surface area contributed by atoms with Crippen LogP contribution in [0.15, 0.2) is 24.3 Å². The van der Waals surface area contributed by atoms with Gasteiger partial charge in [-0.1, -0.05) is 31.4 Å². The zero-order valence-corrected chi connectivity index (χ0v) is 17.7. The van der Waals surface area contributed by atoms with E-state index in [1.54, 1.807) is 11.8 Å². The van der Waals surface area contributed by atoms with E-state index in [1.807, 2.05) is 26.0 Å². The van der Waals surface area contributed by atoms with E-state index in [2.05, 4.69) is 29.1 Å². The highest BCUT2D eigenvalue weighted by Crippen LogP contribution is 2.45. The van der Waals surface area contributed by atoms with Crippen molar-refractivity contribution in [2.24, 2.45) is 0 Å². The number of anilines is 1. The van der Waals surface area contributed by atoms with Gasteiger partial charge in [-0.25, -0.2) is 4.68 Å². The Morgan fingerprint density at radius 1 is 1.18 bits per heavy atom. The molecule has 0 unspecified atom stereocenters. The van der Waals surface area contributed by atoms with Crippen LogP contribution < -0.4 is 10.1 Å². The van der Waals surface area contributed by atoms with Crippen molar-refractivity contribution >= 4 is 23.5 Å². The van der Waals surface area contributed by atoms with Crippen molar-refractivity contribution in [1.82, 2.24) is 9.78 Å². The molecule has 2 aliphatic rings. The second kappa shape index (κ2) is 8.19. The molecule has 0 saturated heterocycles. The number of hydrogen-bond acceptors (Lipinski definition) is 4. The van der Waals surface area contributed by atoms with Crippen LogP contribution in [-0.2, 0) is 4.79 Å². The zero-order valence-electron chi connectivity index (χ0n) is 16.9. The minimum absolute atomic E-state index is 0.0606. The molecule has 1 aliphatic heterocycles. The molecule has 1 fully saturated rings. The number of thioether (sulfide) groups is 1. The Morgan fingerprint density at radius 3 is 2.57 bits per heavy atom. The quantitative estimate of drug-likeness (QED) is 0.762. The third-order valence-electron chi connectivity index (χ3n) is 5.51. The SMILES string of the molecule is Cc1nn(C2CCCCC2)c2c1[C@H](c1ccc(OC(C)C)cc1)SCC(=O)N2. The van der Waals surface area contributed by atoms with Gasteiger partial charge in [-0.05, 0) is 51.3 Å². The van der Waals surface area contributed by atoms with E-state index in [0.717, 1.165) is 35.7 Å². The molecule has 0 radical (unpaired) electrons. The molecule has 1 atom stereocenters. The van der Waals surface area contributed by atoms with Crippen molar-refractivity contribution < 1.29 is 9.53 Å². The monoisotopic (exact) mass is 399 g/mol. The van der Waals surface area contributed by atoms with Crippen LogP contribution in [0, 0.1) is 6.92 Å². The predicted molar refractivity (Wildman–Crippen MR) is 114 cm³/mol. The smallest absolute Gasteiger partial charge is 0.235 e. The number of aromatic nitrogens is 2. The highest BCUT2D eigenvalue weighted by Gasteiger charge is 2.32. The molecule has 1 aliphatic carbocycles. The van der Waals surface area contributed by atoms with E-state index in [1.165, 1.54) is 24.8 Å². The van der Waals surface area contributed by atoms with Crippen LogP contribution >= 0.6 is 11.8 Å². The zero-order chi connectivity index (χ0) is 19.7. The second-order valence-corrected chi connectivity index (χ2v) is 9.15. The van der Waals surface area contributed by atoms with Crippen LogP contribution in [0.3, 0.4) is 0 Å². The van der Waals surface area contributed by atoms with Gasteiger partial charge in [0.2, 0.25) is 5.91 Å². The molecule has 0 spiro atoms. The molecule has 1 saturated carbocycles. The van der Waals surface area contributed by atoms with E-state index in [0.29, 0.717) is 11.8 Å². The molecule has 2 aromatic rings. The summed E-state index contributed by atoms with van der Waals surface area (Å²) in [6.45, 7) is 6.13. The summed E-state index contributed by atoms with van der Waals surface area (Å²) in [4.78, 5) is 12.4. The Morgan fingerprint density at radius 2 is 1.89 bits per heavy atom. The lowest BCUT2D eigenvalue weighted by Crippen LogP contribution is -2.20. The topological polar surface area (TPSA) is 56.2 Å². The number of rotatable bonds is 4. The van der Waals surface area contributed by atoms with Crippen LogP contribution in [0.2, 0.25) is 0 Å². The minimum Gasteiger partial charge on any atom is -0.491 e. The van der Waals surface area contributed by atoms with Crippen LogP contribution in [0.4, 0.5) is 5.82 Å². The van der Waals surface area contributed by atoms with Gasteiger partial charge in [-0.2, -0.15) is 5.10 Å². The lowest BCUT2D eigenvalue weighted by Gasteiger charge is -2.24. The normalized spacial score (nSPS) is 20.6. The Hall–Kier alpha value is -1.95. The van der Waals surface area contributed by atoms with Crippen molar-refractivity contribution in [2.45, 2.75) is 70.3 Å². The molecule has 6 heteroatoms. The first kappa shape index (κ1) is 19.4. The number of nitrogens with one attached hydrogen (secondary N) is 1. The fraction of sp³-hybridized carbons (Fsp3) is 0.545.